The monoisotopic (exact) mass is 290 g/mol. The van der Waals surface area contributed by atoms with Crippen LogP contribution in [0.3, 0.4) is 0 Å². The summed E-state index contributed by atoms with van der Waals surface area (Å²) in [5, 5.41) is 3.30. The predicted octanol–water partition coefficient (Wildman–Crippen LogP) is 1.93. The molecule has 2 atom stereocenters. The number of hydrogen-bond donors (Lipinski definition) is 1. The molecule has 2 aliphatic rings. The quantitative estimate of drug-likeness (QED) is 0.920. The number of nitrogens with zero attached hydrogens (tertiary/aromatic N) is 1. The number of nitrogens with one attached hydrogen (secondary N) is 1. The van der Waals surface area contributed by atoms with Gasteiger partial charge in [-0.05, 0) is 37.6 Å². The van der Waals surface area contributed by atoms with E-state index in [0.29, 0.717) is 6.54 Å². The average molecular weight is 290 g/mol. The van der Waals surface area contributed by atoms with Crippen molar-refractivity contribution in [3.8, 4) is 11.5 Å². The smallest absolute Gasteiger partial charge is 0.231 e. The highest BCUT2D eigenvalue weighted by Crippen LogP contribution is 2.34. The van der Waals surface area contributed by atoms with Crippen LogP contribution < -0.4 is 14.8 Å². The lowest BCUT2D eigenvalue weighted by molar-refractivity contribution is -0.138. The normalized spacial score (nSPS) is 22.5. The zero-order valence-corrected chi connectivity index (χ0v) is 12.6. The zero-order valence-electron chi connectivity index (χ0n) is 12.6. The third kappa shape index (κ3) is 2.83. The third-order valence-electron chi connectivity index (χ3n) is 4.35. The largest absolute Gasteiger partial charge is 0.454 e. The van der Waals surface area contributed by atoms with Crippen LogP contribution in [0.25, 0.3) is 0 Å². The van der Waals surface area contributed by atoms with Crippen molar-refractivity contribution >= 4 is 5.91 Å². The highest BCUT2D eigenvalue weighted by atomic mass is 16.7. The number of carbonyl (C=O) groups excluding carboxylic acids is 1. The van der Waals surface area contributed by atoms with Gasteiger partial charge in [0.1, 0.15) is 0 Å². The Morgan fingerprint density at radius 3 is 3.00 bits per heavy atom. The maximum atomic E-state index is 12.2. The number of benzene rings is 1. The highest BCUT2D eigenvalue weighted by molar-refractivity contribution is 5.79. The summed E-state index contributed by atoms with van der Waals surface area (Å²) in [5.74, 6) is 1.98. The molecule has 21 heavy (non-hydrogen) atoms. The Balaban J connectivity index is 1.74. The van der Waals surface area contributed by atoms with Crippen molar-refractivity contribution in [1.29, 1.82) is 0 Å². The molecule has 2 heterocycles. The molecule has 1 N–H and O–H groups in total. The lowest BCUT2D eigenvalue weighted by Crippen LogP contribution is -2.44. The molecule has 0 spiro atoms. The number of ether oxygens (including phenoxy) is 2. The van der Waals surface area contributed by atoms with E-state index in [4.69, 9.17) is 9.47 Å². The van der Waals surface area contributed by atoms with Crippen molar-refractivity contribution in [3.63, 3.8) is 0 Å². The Hall–Kier alpha value is -1.75. The Bertz CT molecular complexity index is 532. The molecule has 0 bridgehead atoms. The van der Waals surface area contributed by atoms with E-state index < -0.39 is 0 Å². The van der Waals surface area contributed by atoms with Crippen LogP contribution in [-0.4, -0.2) is 37.7 Å². The van der Waals surface area contributed by atoms with Crippen LogP contribution in [0.5, 0.6) is 11.5 Å². The van der Waals surface area contributed by atoms with Crippen LogP contribution in [0.1, 0.15) is 31.4 Å². The number of fused-ring (bicyclic) bond motifs is 1. The van der Waals surface area contributed by atoms with Crippen molar-refractivity contribution in [1.82, 2.24) is 10.2 Å². The van der Waals surface area contributed by atoms with Crippen LogP contribution in [0.2, 0.25) is 0 Å². The van der Waals surface area contributed by atoms with E-state index >= 15 is 0 Å². The fourth-order valence-electron chi connectivity index (χ4n) is 3.03. The van der Waals surface area contributed by atoms with Gasteiger partial charge < -0.3 is 19.7 Å². The summed E-state index contributed by atoms with van der Waals surface area (Å²) in [5.41, 5.74) is 1.12. The second-order valence-electron chi connectivity index (χ2n) is 5.78. The number of likely N-dealkylation sites (N-methyl/N-ethyl adjacent to an activating group) is 1. The first-order chi connectivity index (χ1) is 10.2. The molecule has 0 saturated carbocycles. The van der Waals surface area contributed by atoms with Gasteiger partial charge in [0.05, 0.1) is 0 Å². The number of piperidine rings is 1. The van der Waals surface area contributed by atoms with Gasteiger partial charge in [0, 0.05) is 25.0 Å². The van der Waals surface area contributed by atoms with Crippen molar-refractivity contribution in [2.24, 2.45) is 5.92 Å². The summed E-state index contributed by atoms with van der Waals surface area (Å²) in [6.45, 7) is 3.85. The van der Waals surface area contributed by atoms with Gasteiger partial charge in [0.2, 0.25) is 12.7 Å². The molecule has 2 aliphatic heterocycles. The summed E-state index contributed by atoms with van der Waals surface area (Å²) in [7, 11) is 1.92. The lowest BCUT2D eigenvalue weighted by atomic mass is 9.97. The first-order valence-electron chi connectivity index (χ1n) is 7.54. The molecule has 114 valence electrons. The summed E-state index contributed by atoms with van der Waals surface area (Å²) in [4.78, 5) is 14.2. The maximum Gasteiger partial charge on any atom is 0.231 e. The van der Waals surface area contributed by atoms with Gasteiger partial charge >= 0.3 is 0 Å². The first-order valence-corrected chi connectivity index (χ1v) is 7.54. The van der Waals surface area contributed by atoms with Crippen LogP contribution in [0.15, 0.2) is 18.2 Å². The van der Waals surface area contributed by atoms with Gasteiger partial charge in [-0.1, -0.05) is 13.0 Å². The highest BCUT2D eigenvalue weighted by Gasteiger charge is 2.27. The summed E-state index contributed by atoms with van der Waals surface area (Å²) in [6.07, 6.45) is 2.09. The van der Waals surface area contributed by atoms with E-state index in [1.54, 1.807) is 0 Å². The van der Waals surface area contributed by atoms with Gasteiger partial charge in [-0.3, -0.25) is 4.79 Å². The summed E-state index contributed by atoms with van der Waals surface area (Å²) >= 11 is 0. The first kappa shape index (κ1) is 14.2. The zero-order chi connectivity index (χ0) is 14.8. The Morgan fingerprint density at radius 2 is 2.19 bits per heavy atom. The van der Waals surface area contributed by atoms with Crippen LogP contribution in [0, 0.1) is 5.92 Å². The molecule has 0 radical (unpaired) electrons. The topological polar surface area (TPSA) is 50.8 Å². The third-order valence-corrected chi connectivity index (χ3v) is 4.35. The fraction of sp³-hybridized carbons (Fsp3) is 0.562. The number of amides is 1. The van der Waals surface area contributed by atoms with Gasteiger partial charge in [0.25, 0.3) is 0 Å². The van der Waals surface area contributed by atoms with E-state index in [-0.39, 0.29) is 24.7 Å². The van der Waals surface area contributed by atoms with Crippen molar-refractivity contribution in [2.75, 3.05) is 26.9 Å². The minimum Gasteiger partial charge on any atom is -0.454 e. The molecular formula is C16H22N2O3. The lowest BCUT2D eigenvalue weighted by Gasteiger charge is -2.33. The minimum absolute atomic E-state index is 0.105. The van der Waals surface area contributed by atoms with Crippen molar-refractivity contribution in [2.45, 2.75) is 25.8 Å². The predicted molar refractivity (Wildman–Crippen MR) is 79.3 cm³/mol. The molecule has 3 rings (SSSR count). The molecule has 1 saturated heterocycles. The second-order valence-corrected chi connectivity index (χ2v) is 5.78. The molecule has 1 amide bonds. The molecule has 5 nitrogen and oxygen atoms in total. The number of likely N-dealkylation sites (tertiary alicyclic amines) is 1. The standard InChI is InChI=1S/C16H22N2O3/c1-11-4-3-7-18(16(11)19)9-13(17-2)12-5-6-14-15(8-12)21-10-20-14/h5-6,8,11,13,17H,3-4,7,9-10H2,1-2H3. The number of rotatable bonds is 4. The van der Waals surface area contributed by atoms with E-state index in [1.807, 2.05) is 37.1 Å². The molecule has 1 fully saturated rings. The van der Waals surface area contributed by atoms with Crippen LogP contribution in [-0.2, 0) is 4.79 Å². The van der Waals surface area contributed by atoms with Gasteiger partial charge in [-0.15, -0.1) is 0 Å². The Morgan fingerprint density at radius 1 is 1.38 bits per heavy atom. The van der Waals surface area contributed by atoms with Crippen molar-refractivity contribution < 1.29 is 14.3 Å². The van der Waals surface area contributed by atoms with E-state index in [1.165, 1.54) is 0 Å². The molecule has 2 unspecified atom stereocenters. The summed E-state index contributed by atoms with van der Waals surface area (Å²) in [6, 6.07) is 6.07. The SMILES string of the molecule is CNC(CN1CCCC(C)C1=O)c1ccc2c(c1)OCO2. The molecule has 1 aromatic rings. The molecule has 0 aliphatic carbocycles. The van der Waals surface area contributed by atoms with Crippen molar-refractivity contribution in [3.05, 3.63) is 23.8 Å². The minimum atomic E-state index is 0.105. The molecule has 0 aromatic heterocycles. The molecular weight excluding hydrogens is 268 g/mol. The van der Waals surface area contributed by atoms with Crippen LogP contribution in [0.4, 0.5) is 0 Å². The Labute approximate surface area is 125 Å². The van der Waals surface area contributed by atoms with Gasteiger partial charge in [-0.25, -0.2) is 0 Å². The molecule has 1 aromatic carbocycles. The van der Waals surface area contributed by atoms with E-state index in [2.05, 4.69) is 5.32 Å². The van der Waals surface area contributed by atoms with E-state index in [0.717, 1.165) is 36.4 Å². The summed E-state index contributed by atoms with van der Waals surface area (Å²) < 4.78 is 10.8. The van der Waals surface area contributed by atoms with E-state index in [9.17, 15) is 4.79 Å². The number of carbonyl (C=O) groups is 1. The van der Waals surface area contributed by atoms with Gasteiger partial charge in [-0.2, -0.15) is 0 Å². The maximum absolute atomic E-state index is 12.2. The second kappa shape index (κ2) is 5.93. The van der Waals surface area contributed by atoms with Crippen LogP contribution >= 0.6 is 0 Å². The average Bonchev–Trinajstić information content (AvgIpc) is 2.96. The molecule has 5 heteroatoms. The van der Waals surface area contributed by atoms with Gasteiger partial charge in [0.15, 0.2) is 11.5 Å². The number of hydrogen-bond acceptors (Lipinski definition) is 4. The Kier molecular flexibility index (Phi) is 4.01. The fourth-order valence-corrected chi connectivity index (χ4v) is 3.03.